The Labute approximate surface area is 167 Å². The van der Waals surface area contributed by atoms with Crippen molar-refractivity contribution in [2.75, 3.05) is 6.54 Å². The molecule has 0 fully saturated rings. The Morgan fingerprint density at radius 3 is 2.31 bits per heavy atom. The fourth-order valence-electron chi connectivity index (χ4n) is 2.30. The maximum Gasteiger partial charge on any atom is 0.326 e. The molecule has 1 aromatic heterocycles. The van der Waals surface area contributed by atoms with E-state index in [0.29, 0.717) is 5.69 Å². The molecule has 0 aromatic carbocycles. The van der Waals surface area contributed by atoms with Crippen LogP contribution >= 0.6 is 0 Å². The van der Waals surface area contributed by atoms with Crippen LogP contribution in [-0.4, -0.2) is 74.6 Å². The van der Waals surface area contributed by atoms with Crippen LogP contribution in [0, 0.1) is 5.92 Å². The molecule has 12 nitrogen and oxygen atoms in total. The predicted molar refractivity (Wildman–Crippen MR) is 101 cm³/mol. The second kappa shape index (κ2) is 11.1. The van der Waals surface area contributed by atoms with Crippen LogP contribution in [0.2, 0.25) is 0 Å². The lowest BCUT2D eigenvalue weighted by molar-refractivity contribution is -0.141. The maximum absolute atomic E-state index is 12.3. The number of carbonyl (C=O) groups is 4. The molecule has 1 aromatic rings. The zero-order valence-electron chi connectivity index (χ0n) is 16.5. The standard InChI is InChI=1S/C17H28N6O6/c1-8(2)13(18)15(26)23-14(9(3)24)16(27)20-6-12(25)22-11(17(28)29)4-10-5-19-7-21-10/h5,7-9,11,13-14,24H,4,6,18H2,1-3H3,(H,19,21)(H,20,27)(H,22,25)(H,23,26)(H,28,29). The van der Waals surface area contributed by atoms with Crippen LogP contribution in [0.25, 0.3) is 0 Å². The summed E-state index contributed by atoms with van der Waals surface area (Å²) in [6, 6.07) is -3.41. The van der Waals surface area contributed by atoms with Gasteiger partial charge in [0.1, 0.15) is 12.1 Å². The van der Waals surface area contributed by atoms with E-state index in [2.05, 4.69) is 25.9 Å². The number of carboxylic acids is 1. The molecule has 0 bridgehead atoms. The van der Waals surface area contributed by atoms with Crippen molar-refractivity contribution in [1.29, 1.82) is 0 Å². The van der Waals surface area contributed by atoms with Crippen molar-refractivity contribution in [2.45, 2.75) is 51.4 Å². The predicted octanol–water partition coefficient (Wildman–Crippen LogP) is -2.51. The second-order valence-corrected chi connectivity index (χ2v) is 6.95. The van der Waals surface area contributed by atoms with Crippen LogP contribution in [0.4, 0.5) is 0 Å². The lowest BCUT2D eigenvalue weighted by atomic mass is 10.0. The monoisotopic (exact) mass is 412 g/mol. The minimum Gasteiger partial charge on any atom is -0.480 e. The quantitative estimate of drug-likeness (QED) is 0.206. The molecule has 162 valence electrons. The van der Waals surface area contributed by atoms with Crippen LogP contribution in [0.15, 0.2) is 12.5 Å². The number of aliphatic carboxylic acids is 1. The number of hydrogen-bond acceptors (Lipinski definition) is 7. The van der Waals surface area contributed by atoms with Crippen LogP contribution < -0.4 is 21.7 Å². The molecular formula is C17H28N6O6. The third-order valence-electron chi connectivity index (χ3n) is 4.12. The van der Waals surface area contributed by atoms with E-state index < -0.39 is 54.5 Å². The average molecular weight is 412 g/mol. The van der Waals surface area contributed by atoms with Crippen LogP contribution in [0.1, 0.15) is 26.5 Å². The highest BCUT2D eigenvalue weighted by Gasteiger charge is 2.29. The molecule has 0 saturated carbocycles. The van der Waals surface area contributed by atoms with E-state index >= 15 is 0 Å². The van der Waals surface area contributed by atoms with E-state index in [4.69, 9.17) is 5.73 Å². The van der Waals surface area contributed by atoms with Gasteiger partial charge in [-0.2, -0.15) is 0 Å². The van der Waals surface area contributed by atoms with Gasteiger partial charge < -0.3 is 36.9 Å². The summed E-state index contributed by atoms with van der Waals surface area (Å²) in [6.07, 6.45) is 1.55. The summed E-state index contributed by atoms with van der Waals surface area (Å²) in [5, 5.41) is 25.9. The summed E-state index contributed by atoms with van der Waals surface area (Å²) in [6.45, 7) is 4.22. The fourth-order valence-corrected chi connectivity index (χ4v) is 2.30. The molecule has 0 radical (unpaired) electrons. The number of nitrogens with two attached hydrogens (primary N) is 1. The summed E-state index contributed by atoms with van der Waals surface area (Å²) in [7, 11) is 0. The third kappa shape index (κ3) is 7.87. The number of H-pyrrole nitrogens is 1. The summed E-state index contributed by atoms with van der Waals surface area (Å²) < 4.78 is 0. The van der Waals surface area contributed by atoms with Crippen LogP contribution in [-0.2, 0) is 25.6 Å². The van der Waals surface area contributed by atoms with Gasteiger partial charge >= 0.3 is 5.97 Å². The fraction of sp³-hybridized carbons (Fsp3) is 0.588. The molecule has 0 aliphatic rings. The molecule has 0 spiro atoms. The third-order valence-corrected chi connectivity index (χ3v) is 4.12. The van der Waals surface area contributed by atoms with E-state index in [-0.39, 0.29) is 12.3 Å². The minimum absolute atomic E-state index is 0.0194. The number of imidazole rings is 1. The van der Waals surface area contributed by atoms with Crippen LogP contribution in [0.3, 0.4) is 0 Å². The number of amides is 3. The van der Waals surface area contributed by atoms with Gasteiger partial charge in [0.05, 0.1) is 25.0 Å². The number of hydrogen-bond donors (Lipinski definition) is 7. The number of rotatable bonds is 11. The van der Waals surface area contributed by atoms with Crippen molar-refractivity contribution in [3.05, 3.63) is 18.2 Å². The van der Waals surface area contributed by atoms with Crippen molar-refractivity contribution in [2.24, 2.45) is 11.7 Å². The van der Waals surface area contributed by atoms with E-state index in [9.17, 15) is 29.4 Å². The highest BCUT2D eigenvalue weighted by Crippen LogP contribution is 2.01. The average Bonchev–Trinajstić information content (AvgIpc) is 3.15. The first kappa shape index (κ1) is 24.0. The van der Waals surface area contributed by atoms with Crippen molar-refractivity contribution in [1.82, 2.24) is 25.9 Å². The van der Waals surface area contributed by atoms with Gasteiger partial charge in [0.15, 0.2) is 0 Å². The summed E-state index contributed by atoms with van der Waals surface area (Å²) in [5.41, 5.74) is 6.23. The van der Waals surface area contributed by atoms with E-state index in [1.807, 2.05) is 0 Å². The number of carbonyl (C=O) groups excluding carboxylic acids is 3. The van der Waals surface area contributed by atoms with Gasteiger partial charge in [-0.05, 0) is 12.8 Å². The Morgan fingerprint density at radius 2 is 1.83 bits per heavy atom. The Balaban J connectivity index is 2.61. The Bertz CT molecular complexity index is 705. The van der Waals surface area contributed by atoms with Gasteiger partial charge in [0, 0.05) is 18.3 Å². The molecule has 1 heterocycles. The number of nitrogens with zero attached hydrogens (tertiary/aromatic N) is 1. The second-order valence-electron chi connectivity index (χ2n) is 6.95. The molecule has 4 unspecified atom stereocenters. The van der Waals surface area contributed by atoms with Crippen molar-refractivity contribution >= 4 is 23.7 Å². The van der Waals surface area contributed by atoms with Crippen molar-refractivity contribution < 1.29 is 29.4 Å². The van der Waals surface area contributed by atoms with Crippen LogP contribution in [0.5, 0.6) is 0 Å². The zero-order valence-corrected chi connectivity index (χ0v) is 16.5. The lowest BCUT2D eigenvalue weighted by Crippen LogP contribution is -2.57. The van der Waals surface area contributed by atoms with Crippen molar-refractivity contribution in [3.63, 3.8) is 0 Å². The molecule has 1 rings (SSSR count). The molecule has 29 heavy (non-hydrogen) atoms. The molecule has 4 atom stereocenters. The van der Waals surface area contributed by atoms with Gasteiger partial charge in [-0.3, -0.25) is 14.4 Å². The lowest BCUT2D eigenvalue weighted by Gasteiger charge is -2.24. The van der Waals surface area contributed by atoms with Gasteiger partial charge in [-0.1, -0.05) is 13.8 Å². The zero-order chi connectivity index (χ0) is 22.1. The smallest absolute Gasteiger partial charge is 0.326 e. The van der Waals surface area contributed by atoms with Gasteiger partial charge in [0.25, 0.3) is 0 Å². The SMILES string of the molecule is CC(C)C(N)C(=O)NC(C(=O)NCC(=O)NC(Cc1cnc[nH]1)C(=O)O)C(C)O. The largest absolute Gasteiger partial charge is 0.480 e. The molecule has 8 N–H and O–H groups in total. The molecular weight excluding hydrogens is 384 g/mol. The van der Waals surface area contributed by atoms with Gasteiger partial charge in [-0.25, -0.2) is 9.78 Å². The summed E-state index contributed by atoms with van der Waals surface area (Å²) >= 11 is 0. The highest BCUT2D eigenvalue weighted by atomic mass is 16.4. The van der Waals surface area contributed by atoms with E-state index in [0.717, 1.165) is 0 Å². The van der Waals surface area contributed by atoms with Gasteiger partial charge in [0.2, 0.25) is 17.7 Å². The number of aromatic nitrogens is 2. The number of aliphatic hydroxyl groups is 1. The number of aromatic amines is 1. The summed E-state index contributed by atoms with van der Waals surface area (Å²) in [5.74, 6) is -3.60. The number of carboxylic acid groups (broad SMARTS) is 1. The van der Waals surface area contributed by atoms with E-state index in [1.165, 1.54) is 19.4 Å². The summed E-state index contributed by atoms with van der Waals surface area (Å²) in [4.78, 5) is 54.1. The first-order valence-corrected chi connectivity index (χ1v) is 9.04. The maximum atomic E-state index is 12.3. The molecule has 0 aliphatic heterocycles. The van der Waals surface area contributed by atoms with E-state index in [1.54, 1.807) is 13.8 Å². The molecule has 3 amide bonds. The topological polar surface area (TPSA) is 200 Å². The Morgan fingerprint density at radius 1 is 1.17 bits per heavy atom. The molecule has 0 saturated heterocycles. The Kier molecular flexibility index (Phi) is 9.22. The van der Waals surface area contributed by atoms with Gasteiger partial charge in [-0.15, -0.1) is 0 Å². The first-order chi connectivity index (χ1) is 13.5. The first-order valence-electron chi connectivity index (χ1n) is 9.04. The normalized spacial score (nSPS) is 15.1. The van der Waals surface area contributed by atoms with Crippen molar-refractivity contribution in [3.8, 4) is 0 Å². The Hall–Kier alpha value is -2.99. The number of aliphatic hydroxyl groups excluding tert-OH is 1. The molecule has 12 heteroatoms. The molecule has 0 aliphatic carbocycles. The highest BCUT2D eigenvalue weighted by molar-refractivity contribution is 5.93. The minimum atomic E-state index is -1.32. The number of nitrogens with one attached hydrogen (secondary N) is 4.